The molecule has 0 atom stereocenters. The topological polar surface area (TPSA) is 117 Å². The first kappa shape index (κ1) is 16.0. The number of hydrogen-bond donors (Lipinski definition) is 2. The molecule has 4 N–H and O–H groups in total. The Balaban J connectivity index is 2.00. The molecule has 0 unspecified atom stereocenters. The molecule has 1 heterocycles. The summed E-state index contributed by atoms with van der Waals surface area (Å²) in [6.45, 7) is -0.184. The maximum absolute atomic E-state index is 11.7. The molecule has 2 rings (SSSR count). The normalized spacial score (nSPS) is 10.8. The molecule has 0 radical (unpaired) electrons. The number of hydrogen-bond acceptors (Lipinski definition) is 7. The average molecular weight is 340 g/mol. The zero-order valence-electron chi connectivity index (χ0n) is 11.2. The Labute approximate surface area is 135 Å². The zero-order valence-corrected chi connectivity index (χ0v) is 12.7. The summed E-state index contributed by atoms with van der Waals surface area (Å²) in [7, 11) is 0. The number of nitrogens with two attached hydrogens (primary N) is 2. The smallest absolute Gasteiger partial charge is 0.331 e. The lowest BCUT2D eigenvalue weighted by Crippen LogP contribution is -2.09. The van der Waals surface area contributed by atoms with Crippen molar-refractivity contribution < 1.29 is 9.53 Å². The molecule has 0 fully saturated rings. The van der Waals surface area contributed by atoms with Crippen LogP contribution in [0.15, 0.2) is 24.3 Å². The average Bonchev–Trinajstić information content (AvgIpc) is 2.43. The fourth-order valence-corrected chi connectivity index (χ4v) is 2.05. The number of aromatic nitrogens is 3. The molecular formula is C13H11Cl2N5O2. The molecule has 114 valence electrons. The van der Waals surface area contributed by atoms with Crippen LogP contribution in [0.2, 0.25) is 10.0 Å². The van der Waals surface area contributed by atoms with E-state index in [4.69, 9.17) is 39.4 Å². The SMILES string of the molecule is Nc1nc(N)nc(COC(=O)/C=C/c2c(Cl)cccc2Cl)n1. The van der Waals surface area contributed by atoms with Crippen molar-refractivity contribution in [2.24, 2.45) is 0 Å². The van der Waals surface area contributed by atoms with Crippen LogP contribution >= 0.6 is 23.2 Å². The first-order valence-electron chi connectivity index (χ1n) is 6.00. The number of ether oxygens (including phenoxy) is 1. The summed E-state index contributed by atoms with van der Waals surface area (Å²) in [5.41, 5.74) is 11.3. The Bertz CT molecular complexity index is 696. The number of halogens is 2. The first-order valence-corrected chi connectivity index (χ1v) is 6.76. The van der Waals surface area contributed by atoms with E-state index in [0.29, 0.717) is 15.6 Å². The second-order valence-electron chi connectivity index (χ2n) is 4.04. The van der Waals surface area contributed by atoms with Gasteiger partial charge in [0, 0.05) is 21.7 Å². The van der Waals surface area contributed by atoms with Gasteiger partial charge in [-0.25, -0.2) is 4.79 Å². The second kappa shape index (κ2) is 7.06. The van der Waals surface area contributed by atoms with E-state index in [1.807, 2.05) is 0 Å². The minimum Gasteiger partial charge on any atom is -0.454 e. The van der Waals surface area contributed by atoms with Gasteiger partial charge in [-0.1, -0.05) is 29.3 Å². The summed E-state index contributed by atoms with van der Waals surface area (Å²) in [6.07, 6.45) is 2.66. The van der Waals surface area contributed by atoms with Crippen LogP contribution in [0.4, 0.5) is 11.9 Å². The van der Waals surface area contributed by atoms with Gasteiger partial charge in [0.15, 0.2) is 12.4 Å². The van der Waals surface area contributed by atoms with Gasteiger partial charge in [-0.15, -0.1) is 0 Å². The fraction of sp³-hybridized carbons (Fsp3) is 0.0769. The zero-order chi connectivity index (χ0) is 16.1. The van der Waals surface area contributed by atoms with Gasteiger partial charge in [-0.05, 0) is 18.2 Å². The molecule has 9 heteroatoms. The number of carbonyl (C=O) groups excluding carboxylic acids is 1. The largest absolute Gasteiger partial charge is 0.454 e. The third-order valence-electron chi connectivity index (χ3n) is 2.45. The molecule has 2 aromatic rings. The van der Waals surface area contributed by atoms with Crippen LogP contribution in [0.3, 0.4) is 0 Å². The Morgan fingerprint density at radius 2 is 1.73 bits per heavy atom. The maximum atomic E-state index is 11.7. The van der Waals surface area contributed by atoms with Crippen LogP contribution in [0, 0.1) is 0 Å². The number of carbonyl (C=O) groups is 1. The van der Waals surface area contributed by atoms with Gasteiger partial charge < -0.3 is 16.2 Å². The van der Waals surface area contributed by atoms with Gasteiger partial charge in [-0.2, -0.15) is 15.0 Å². The highest BCUT2D eigenvalue weighted by atomic mass is 35.5. The van der Waals surface area contributed by atoms with Crippen molar-refractivity contribution in [2.75, 3.05) is 11.5 Å². The van der Waals surface area contributed by atoms with Crippen molar-refractivity contribution in [1.82, 2.24) is 15.0 Å². The molecule has 1 aromatic heterocycles. The number of rotatable bonds is 4. The Morgan fingerprint density at radius 1 is 1.14 bits per heavy atom. The van der Waals surface area contributed by atoms with E-state index in [9.17, 15) is 4.79 Å². The fourth-order valence-electron chi connectivity index (χ4n) is 1.53. The predicted octanol–water partition coefficient (Wildman–Crippen LogP) is 2.10. The van der Waals surface area contributed by atoms with Crippen LogP contribution in [0.1, 0.15) is 11.4 Å². The lowest BCUT2D eigenvalue weighted by atomic mass is 10.2. The number of nitrogens with zero attached hydrogens (tertiary/aromatic N) is 3. The van der Waals surface area contributed by atoms with E-state index in [-0.39, 0.29) is 24.3 Å². The highest BCUT2D eigenvalue weighted by Gasteiger charge is 2.06. The van der Waals surface area contributed by atoms with Crippen molar-refractivity contribution in [3.05, 3.63) is 45.7 Å². The molecule has 0 spiro atoms. The lowest BCUT2D eigenvalue weighted by Gasteiger charge is -2.03. The minimum atomic E-state index is -0.617. The van der Waals surface area contributed by atoms with Crippen LogP contribution in [0.25, 0.3) is 6.08 Å². The van der Waals surface area contributed by atoms with Gasteiger partial charge in [0.2, 0.25) is 11.9 Å². The van der Waals surface area contributed by atoms with E-state index in [1.54, 1.807) is 18.2 Å². The Hall–Kier alpha value is -2.38. The first-order chi connectivity index (χ1) is 10.5. The molecule has 0 saturated heterocycles. The molecule has 0 saturated carbocycles. The predicted molar refractivity (Wildman–Crippen MR) is 83.9 cm³/mol. The maximum Gasteiger partial charge on any atom is 0.331 e. The van der Waals surface area contributed by atoms with Gasteiger partial charge in [0.1, 0.15) is 0 Å². The number of anilines is 2. The molecular weight excluding hydrogens is 329 g/mol. The molecule has 0 aliphatic carbocycles. The van der Waals surface area contributed by atoms with Crippen LogP contribution in [0.5, 0.6) is 0 Å². The summed E-state index contributed by atoms with van der Waals surface area (Å²) in [4.78, 5) is 22.8. The highest BCUT2D eigenvalue weighted by molar-refractivity contribution is 6.37. The monoisotopic (exact) mass is 339 g/mol. The van der Waals surface area contributed by atoms with Gasteiger partial charge >= 0.3 is 5.97 Å². The van der Waals surface area contributed by atoms with Crippen molar-refractivity contribution in [2.45, 2.75) is 6.61 Å². The number of nitrogen functional groups attached to an aromatic ring is 2. The van der Waals surface area contributed by atoms with Gasteiger partial charge in [0.05, 0.1) is 0 Å². The van der Waals surface area contributed by atoms with Crippen molar-refractivity contribution >= 4 is 47.1 Å². The van der Waals surface area contributed by atoms with Crippen LogP contribution in [-0.4, -0.2) is 20.9 Å². The van der Waals surface area contributed by atoms with Crippen molar-refractivity contribution in [3.8, 4) is 0 Å². The quantitative estimate of drug-likeness (QED) is 0.646. The summed E-state index contributed by atoms with van der Waals surface area (Å²) in [5.74, 6) is -0.551. The summed E-state index contributed by atoms with van der Waals surface area (Å²) >= 11 is 12.0. The molecule has 1 aromatic carbocycles. The van der Waals surface area contributed by atoms with Crippen LogP contribution < -0.4 is 11.5 Å². The number of esters is 1. The third-order valence-corrected chi connectivity index (χ3v) is 3.10. The van der Waals surface area contributed by atoms with Gasteiger partial charge in [0.25, 0.3) is 0 Å². The molecule has 0 aliphatic heterocycles. The molecule has 22 heavy (non-hydrogen) atoms. The summed E-state index contributed by atoms with van der Waals surface area (Å²) in [5, 5.41) is 0.851. The Kier molecular flexibility index (Phi) is 5.13. The van der Waals surface area contributed by atoms with E-state index < -0.39 is 5.97 Å². The minimum absolute atomic E-state index is 0.0445. The molecule has 0 amide bonds. The summed E-state index contributed by atoms with van der Waals surface area (Å²) in [6, 6.07) is 5.03. The standard InChI is InChI=1S/C13H11Cl2N5O2/c14-8-2-1-3-9(15)7(8)4-5-11(21)22-6-10-18-12(16)20-13(17)19-10/h1-5H,6H2,(H4,16,17,18,19,20)/b5-4+. The van der Waals surface area contributed by atoms with E-state index in [2.05, 4.69) is 15.0 Å². The lowest BCUT2D eigenvalue weighted by molar-refractivity contribution is -0.139. The van der Waals surface area contributed by atoms with Crippen LogP contribution in [-0.2, 0) is 16.1 Å². The van der Waals surface area contributed by atoms with Crippen molar-refractivity contribution in [3.63, 3.8) is 0 Å². The van der Waals surface area contributed by atoms with E-state index >= 15 is 0 Å². The van der Waals surface area contributed by atoms with Gasteiger partial charge in [-0.3, -0.25) is 0 Å². The van der Waals surface area contributed by atoms with E-state index in [0.717, 1.165) is 0 Å². The Morgan fingerprint density at radius 3 is 2.32 bits per heavy atom. The second-order valence-corrected chi connectivity index (χ2v) is 4.86. The third kappa shape index (κ3) is 4.31. The van der Waals surface area contributed by atoms with Crippen molar-refractivity contribution in [1.29, 1.82) is 0 Å². The molecule has 7 nitrogen and oxygen atoms in total. The number of benzene rings is 1. The molecule has 0 bridgehead atoms. The van der Waals surface area contributed by atoms with E-state index in [1.165, 1.54) is 12.2 Å². The summed E-state index contributed by atoms with van der Waals surface area (Å²) < 4.78 is 4.96. The molecule has 0 aliphatic rings. The highest BCUT2D eigenvalue weighted by Crippen LogP contribution is 2.25.